The molecule has 2 nitrogen and oxygen atoms in total. The smallest absolute Gasteiger partial charge is 0.144 e. The summed E-state index contributed by atoms with van der Waals surface area (Å²) in [5, 5.41) is 5.06. The summed E-state index contributed by atoms with van der Waals surface area (Å²) in [6.07, 6.45) is 0.887. The number of halogens is 1. The monoisotopic (exact) mass is 225 g/mol. The first-order valence-electron chi connectivity index (χ1n) is 3.85. The number of aryl methyl sites for hydroxylation is 1. The van der Waals surface area contributed by atoms with Crippen LogP contribution in [0.5, 0.6) is 0 Å². The summed E-state index contributed by atoms with van der Waals surface area (Å²) < 4.78 is 6.18. The molecule has 0 N–H and O–H groups in total. The van der Waals surface area contributed by atoms with E-state index in [1.54, 1.807) is 0 Å². The third kappa shape index (κ3) is 1.14. The zero-order chi connectivity index (χ0) is 8.55. The third-order valence-corrected chi connectivity index (χ3v) is 2.33. The van der Waals surface area contributed by atoms with Gasteiger partial charge in [-0.2, -0.15) is 0 Å². The molecule has 1 aromatic heterocycles. The van der Waals surface area contributed by atoms with Crippen molar-refractivity contribution in [3.63, 3.8) is 0 Å². The Morgan fingerprint density at radius 2 is 2.33 bits per heavy atom. The van der Waals surface area contributed by atoms with Gasteiger partial charge in [0.25, 0.3) is 0 Å². The summed E-state index contributed by atoms with van der Waals surface area (Å²) in [7, 11) is 0. The van der Waals surface area contributed by atoms with E-state index < -0.39 is 0 Å². The molecule has 62 valence electrons. The molecule has 2 aromatic rings. The normalized spacial score (nSPS) is 10.8. The number of rotatable bonds is 1. The van der Waals surface area contributed by atoms with Gasteiger partial charge in [-0.15, -0.1) is 0 Å². The van der Waals surface area contributed by atoms with Gasteiger partial charge in [-0.3, -0.25) is 0 Å². The fourth-order valence-electron chi connectivity index (χ4n) is 1.22. The van der Waals surface area contributed by atoms with E-state index in [2.05, 4.69) is 28.0 Å². The zero-order valence-electron chi connectivity index (χ0n) is 6.67. The van der Waals surface area contributed by atoms with Crippen molar-refractivity contribution in [2.75, 3.05) is 0 Å². The highest BCUT2D eigenvalue weighted by Gasteiger charge is 2.05. The molecule has 0 saturated heterocycles. The molecular weight excluding hydrogens is 218 g/mol. The Morgan fingerprint density at radius 1 is 1.50 bits per heavy atom. The SMILES string of the molecule is CCc1onc2cc(Br)ccc12. The second-order valence-corrected chi connectivity index (χ2v) is 3.54. The van der Waals surface area contributed by atoms with E-state index in [0.29, 0.717) is 0 Å². The van der Waals surface area contributed by atoms with Crippen LogP contribution < -0.4 is 0 Å². The lowest BCUT2D eigenvalue weighted by Gasteiger charge is -1.89. The van der Waals surface area contributed by atoms with Crippen LogP contribution >= 0.6 is 15.9 Å². The van der Waals surface area contributed by atoms with Crippen molar-refractivity contribution in [2.45, 2.75) is 13.3 Å². The molecule has 12 heavy (non-hydrogen) atoms. The van der Waals surface area contributed by atoms with Gasteiger partial charge in [-0.1, -0.05) is 28.0 Å². The molecule has 1 aromatic carbocycles. The molecule has 0 saturated carbocycles. The van der Waals surface area contributed by atoms with Crippen LogP contribution in [0.1, 0.15) is 12.7 Å². The van der Waals surface area contributed by atoms with E-state index in [4.69, 9.17) is 4.52 Å². The Morgan fingerprint density at radius 3 is 3.08 bits per heavy atom. The quantitative estimate of drug-likeness (QED) is 0.746. The predicted octanol–water partition coefficient (Wildman–Crippen LogP) is 3.15. The lowest BCUT2D eigenvalue weighted by Crippen LogP contribution is -1.74. The highest BCUT2D eigenvalue weighted by molar-refractivity contribution is 9.10. The summed E-state index contributed by atoms with van der Waals surface area (Å²) in [4.78, 5) is 0. The van der Waals surface area contributed by atoms with E-state index in [9.17, 15) is 0 Å². The van der Waals surface area contributed by atoms with Gasteiger partial charge in [0.15, 0.2) is 0 Å². The van der Waals surface area contributed by atoms with E-state index in [1.807, 2.05) is 18.2 Å². The fourth-order valence-corrected chi connectivity index (χ4v) is 1.57. The third-order valence-electron chi connectivity index (χ3n) is 1.84. The molecule has 0 atom stereocenters. The second-order valence-electron chi connectivity index (χ2n) is 2.62. The van der Waals surface area contributed by atoms with Crippen molar-refractivity contribution < 1.29 is 4.52 Å². The summed E-state index contributed by atoms with van der Waals surface area (Å²) >= 11 is 3.38. The molecule has 0 aliphatic carbocycles. The summed E-state index contributed by atoms with van der Waals surface area (Å²) in [6.45, 7) is 2.06. The van der Waals surface area contributed by atoms with Crippen molar-refractivity contribution in [1.82, 2.24) is 5.16 Å². The summed E-state index contributed by atoms with van der Waals surface area (Å²) in [5.41, 5.74) is 0.918. The zero-order valence-corrected chi connectivity index (χ0v) is 8.26. The number of benzene rings is 1. The van der Waals surface area contributed by atoms with E-state index in [0.717, 1.165) is 27.6 Å². The van der Waals surface area contributed by atoms with Crippen LogP contribution in [0.15, 0.2) is 27.2 Å². The molecule has 1 heterocycles. The molecule has 0 spiro atoms. The van der Waals surface area contributed by atoms with E-state index in [-0.39, 0.29) is 0 Å². The van der Waals surface area contributed by atoms with Gasteiger partial charge >= 0.3 is 0 Å². The molecule has 0 radical (unpaired) electrons. The molecule has 0 unspecified atom stereocenters. The molecule has 0 fully saturated rings. The predicted molar refractivity (Wildman–Crippen MR) is 51.1 cm³/mol. The van der Waals surface area contributed by atoms with E-state index in [1.165, 1.54) is 0 Å². The van der Waals surface area contributed by atoms with Crippen molar-refractivity contribution in [3.8, 4) is 0 Å². The first-order valence-corrected chi connectivity index (χ1v) is 4.64. The van der Waals surface area contributed by atoms with Gasteiger partial charge in [0.2, 0.25) is 0 Å². The minimum absolute atomic E-state index is 0.887. The lowest BCUT2D eigenvalue weighted by molar-refractivity contribution is 0.395. The Bertz CT molecular complexity index is 408. The van der Waals surface area contributed by atoms with Crippen molar-refractivity contribution in [1.29, 1.82) is 0 Å². The van der Waals surface area contributed by atoms with Crippen LogP contribution in [0, 0.1) is 0 Å². The second kappa shape index (κ2) is 2.90. The maximum Gasteiger partial charge on any atom is 0.144 e. The maximum atomic E-state index is 5.15. The van der Waals surface area contributed by atoms with Crippen LogP contribution in [0.3, 0.4) is 0 Å². The van der Waals surface area contributed by atoms with Crippen LogP contribution in [0.4, 0.5) is 0 Å². The van der Waals surface area contributed by atoms with Gasteiger partial charge in [0.1, 0.15) is 11.3 Å². The van der Waals surface area contributed by atoms with E-state index >= 15 is 0 Å². The summed E-state index contributed by atoms with van der Waals surface area (Å²) in [6, 6.07) is 5.98. The van der Waals surface area contributed by atoms with Gasteiger partial charge in [-0.25, -0.2) is 0 Å². The standard InChI is InChI=1S/C9H8BrNO/c1-2-9-7-4-3-6(10)5-8(7)11-12-9/h3-5H,2H2,1H3. The average Bonchev–Trinajstić information content (AvgIpc) is 2.46. The minimum atomic E-state index is 0.887. The molecular formula is C9H8BrNO. The maximum absolute atomic E-state index is 5.15. The highest BCUT2D eigenvalue weighted by atomic mass is 79.9. The number of fused-ring (bicyclic) bond motifs is 1. The van der Waals surface area contributed by atoms with Crippen LogP contribution in [0.25, 0.3) is 10.9 Å². The van der Waals surface area contributed by atoms with Crippen LogP contribution in [-0.2, 0) is 6.42 Å². The van der Waals surface area contributed by atoms with Crippen LogP contribution in [-0.4, -0.2) is 5.16 Å². The lowest BCUT2D eigenvalue weighted by atomic mass is 10.2. The van der Waals surface area contributed by atoms with Gasteiger partial charge in [-0.05, 0) is 18.2 Å². The fraction of sp³-hybridized carbons (Fsp3) is 0.222. The Balaban J connectivity index is 2.73. The first-order chi connectivity index (χ1) is 5.81. The van der Waals surface area contributed by atoms with Gasteiger partial charge < -0.3 is 4.52 Å². The van der Waals surface area contributed by atoms with Crippen molar-refractivity contribution >= 4 is 26.8 Å². The van der Waals surface area contributed by atoms with Crippen molar-refractivity contribution in [2.24, 2.45) is 0 Å². The van der Waals surface area contributed by atoms with Gasteiger partial charge in [0, 0.05) is 16.3 Å². The number of hydrogen-bond acceptors (Lipinski definition) is 2. The Labute approximate surface area is 78.7 Å². The topological polar surface area (TPSA) is 26.0 Å². The molecule has 0 amide bonds. The van der Waals surface area contributed by atoms with Gasteiger partial charge in [0.05, 0.1) is 0 Å². The molecule has 0 aliphatic rings. The Kier molecular flexibility index (Phi) is 1.89. The highest BCUT2D eigenvalue weighted by Crippen LogP contribution is 2.22. The molecule has 3 heteroatoms. The largest absolute Gasteiger partial charge is 0.360 e. The minimum Gasteiger partial charge on any atom is -0.360 e. The Hall–Kier alpha value is -0.830. The van der Waals surface area contributed by atoms with Crippen LogP contribution in [0.2, 0.25) is 0 Å². The molecule has 0 aliphatic heterocycles. The average molecular weight is 226 g/mol. The first kappa shape index (κ1) is 7.80. The molecule has 2 rings (SSSR count). The number of aromatic nitrogens is 1. The van der Waals surface area contributed by atoms with Crippen molar-refractivity contribution in [3.05, 3.63) is 28.4 Å². The molecule has 0 bridgehead atoms. The number of nitrogens with zero attached hydrogens (tertiary/aromatic N) is 1. The summed E-state index contributed by atoms with van der Waals surface area (Å²) in [5.74, 6) is 0.956. The number of hydrogen-bond donors (Lipinski definition) is 0.